The van der Waals surface area contributed by atoms with Crippen molar-refractivity contribution in [3.8, 4) is 6.07 Å². The molecule has 0 saturated heterocycles. The molecule has 1 N–H and O–H groups in total. The van der Waals surface area contributed by atoms with Gasteiger partial charge >= 0.3 is 12.1 Å². The first-order valence-electron chi connectivity index (χ1n) is 13.4. The molecule has 1 aliphatic carbocycles. The Hall–Kier alpha value is -4.07. The van der Waals surface area contributed by atoms with Crippen molar-refractivity contribution in [1.29, 1.82) is 5.26 Å². The summed E-state index contributed by atoms with van der Waals surface area (Å²) in [5, 5.41) is 22.8. The number of unbranched alkanes of at least 4 members (excludes halogenated alkanes) is 1. The number of carboxylic acid groups (broad SMARTS) is 1. The number of fused-ring (bicyclic) bond motifs is 1. The van der Waals surface area contributed by atoms with Crippen LogP contribution in [0.4, 0.5) is 24.8 Å². The van der Waals surface area contributed by atoms with Crippen LogP contribution in [0.1, 0.15) is 66.0 Å². The number of carbonyl (C=O) groups is 1. The number of aliphatic carboxylic acids is 1. The molecule has 0 amide bonds. The Morgan fingerprint density at radius 1 is 1.10 bits per heavy atom. The van der Waals surface area contributed by atoms with E-state index in [0.717, 1.165) is 55.6 Å². The summed E-state index contributed by atoms with van der Waals surface area (Å²) >= 11 is 0. The Morgan fingerprint density at radius 3 is 2.48 bits per heavy atom. The molecule has 0 saturated carbocycles. The maximum absolute atomic E-state index is 13.6. The Morgan fingerprint density at radius 2 is 1.85 bits per heavy atom. The third-order valence-corrected chi connectivity index (χ3v) is 7.14. The minimum absolute atomic E-state index is 0.0597. The Bertz CT molecular complexity index is 1400. The van der Waals surface area contributed by atoms with E-state index < -0.39 is 17.7 Å². The SMILES string of the molecule is CCN(CCCCC(=O)O)c1cc2c(cc1CN(Cc1cc(C#N)cc(C(F)(F)F)c1)c1ncn(C)n1)CCC2. The van der Waals surface area contributed by atoms with Crippen LogP contribution in [0.2, 0.25) is 0 Å². The fourth-order valence-electron chi connectivity index (χ4n) is 5.22. The third kappa shape index (κ3) is 7.11. The second-order valence-electron chi connectivity index (χ2n) is 10.1. The van der Waals surface area contributed by atoms with Crippen LogP contribution in [0.5, 0.6) is 0 Å². The maximum Gasteiger partial charge on any atom is 0.416 e. The van der Waals surface area contributed by atoms with E-state index in [2.05, 4.69) is 34.0 Å². The lowest BCUT2D eigenvalue weighted by Gasteiger charge is -2.30. The van der Waals surface area contributed by atoms with Crippen LogP contribution >= 0.6 is 0 Å². The third-order valence-electron chi connectivity index (χ3n) is 7.14. The largest absolute Gasteiger partial charge is 0.481 e. The lowest BCUT2D eigenvalue weighted by molar-refractivity contribution is -0.138. The predicted molar refractivity (Wildman–Crippen MR) is 145 cm³/mol. The number of hydrogen-bond acceptors (Lipinski definition) is 6. The molecule has 0 spiro atoms. The van der Waals surface area contributed by atoms with Crippen molar-refractivity contribution in [1.82, 2.24) is 14.8 Å². The van der Waals surface area contributed by atoms with Crippen LogP contribution in [0.15, 0.2) is 36.7 Å². The molecule has 4 rings (SSSR count). The van der Waals surface area contributed by atoms with Crippen LogP contribution < -0.4 is 9.80 Å². The van der Waals surface area contributed by atoms with Gasteiger partial charge in [-0.1, -0.05) is 6.07 Å². The zero-order valence-electron chi connectivity index (χ0n) is 22.7. The van der Waals surface area contributed by atoms with Gasteiger partial charge in [-0.15, -0.1) is 5.10 Å². The molecular formula is C29H33F3N6O2. The predicted octanol–water partition coefficient (Wildman–Crippen LogP) is 5.48. The van der Waals surface area contributed by atoms with Crippen LogP contribution in [0.25, 0.3) is 0 Å². The van der Waals surface area contributed by atoms with Crippen molar-refractivity contribution in [2.24, 2.45) is 7.05 Å². The summed E-state index contributed by atoms with van der Waals surface area (Å²) in [6.07, 6.45) is 1.41. The van der Waals surface area contributed by atoms with Crippen LogP contribution in [-0.2, 0) is 43.9 Å². The number of carboxylic acids is 1. The fraction of sp³-hybridized carbons (Fsp3) is 0.448. The van der Waals surface area contributed by atoms with E-state index >= 15 is 0 Å². The van der Waals surface area contributed by atoms with Gasteiger partial charge in [-0.3, -0.25) is 9.48 Å². The first-order chi connectivity index (χ1) is 19.1. The first-order valence-corrected chi connectivity index (χ1v) is 13.4. The number of aryl methyl sites for hydroxylation is 3. The number of nitrogens with zero attached hydrogens (tertiary/aromatic N) is 6. The van der Waals surface area contributed by atoms with Crippen molar-refractivity contribution >= 4 is 17.6 Å². The van der Waals surface area contributed by atoms with E-state index in [-0.39, 0.29) is 18.5 Å². The highest BCUT2D eigenvalue weighted by Crippen LogP contribution is 2.34. The summed E-state index contributed by atoms with van der Waals surface area (Å²) in [5.74, 6) is -0.441. The molecule has 3 aromatic rings. The summed E-state index contributed by atoms with van der Waals surface area (Å²) in [6, 6.07) is 9.62. The Kier molecular flexibility index (Phi) is 8.97. The summed E-state index contributed by atoms with van der Waals surface area (Å²) in [4.78, 5) is 19.4. The standard InChI is InChI=1S/C29H33F3N6O2/c1-3-37(10-5-4-9-27(39)40)26-15-23-8-6-7-22(23)14-24(26)18-38(28-34-19-36(2)35-28)17-21-11-20(16-33)12-25(13-21)29(30,31)32/h11-15,19H,3-10,17-18H2,1-2H3,(H,39,40). The quantitative estimate of drug-likeness (QED) is 0.296. The summed E-state index contributed by atoms with van der Waals surface area (Å²) < 4.78 is 42.3. The molecule has 1 heterocycles. The molecule has 8 nitrogen and oxygen atoms in total. The van der Waals surface area contributed by atoms with Crippen LogP contribution in [0.3, 0.4) is 0 Å². The summed E-state index contributed by atoms with van der Waals surface area (Å²) in [7, 11) is 1.73. The minimum Gasteiger partial charge on any atom is -0.481 e. The Balaban J connectivity index is 1.70. The van der Waals surface area contributed by atoms with E-state index in [4.69, 9.17) is 5.11 Å². The molecule has 0 aliphatic heterocycles. The number of aromatic nitrogens is 3. The first kappa shape index (κ1) is 28.9. The van der Waals surface area contributed by atoms with Gasteiger partial charge in [0, 0.05) is 45.3 Å². The normalized spacial score (nSPS) is 12.7. The van der Waals surface area contributed by atoms with Gasteiger partial charge in [0.25, 0.3) is 0 Å². The number of anilines is 2. The number of alkyl halides is 3. The van der Waals surface area contributed by atoms with Crippen molar-refractivity contribution in [2.75, 3.05) is 22.9 Å². The number of benzene rings is 2. The lowest BCUT2D eigenvalue weighted by atomic mass is 10.0. The highest BCUT2D eigenvalue weighted by atomic mass is 19.4. The van der Waals surface area contributed by atoms with Gasteiger partial charge in [-0.25, -0.2) is 4.98 Å². The molecule has 0 atom stereocenters. The van der Waals surface area contributed by atoms with E-state index in [1.54, 1.807) is 18.1 Å². The molecule has 11 heteroatoms. The maximum atomic E-state index is 13.6. The Labute approximate surface area is 231 Å². The zero-order valence-corrected chi connectivity index (χ0v) is 22.7. The molecule has 0 fully saturated rings. The number of halogens is 3. The van der Waals surface area contributed by atoms with Gasteiger partial charge in [0.1, 0.15) is 6.33 Å². The number of nitriles is 1. The van der Waals surface area contributed by atoms with Gasteiger partial charge in [-0.05, 0) is 85.5 Å². The van der Waals surface area contributed by atoms with Crippen molar-refractivity contribution in [3.63, 3.8) is 0 Å². The topological polar surface area (TPSA) is 98.3 Å². The number of hydrogen-bond donors (Lipinski definition) is 1. The van der Waals surface area contributed by atoms with Crippen molar-refractivity contribution < 1.29 is 23.1 Å². The van der Waals surface area contributed by atoms with E-state index in [1.807, 2.05) is 11.0 Å². The minimum atomic E-state index is -4.58. The fourth-order valence-corrected chi connectivity index (χ4v) is 5.22. The average molecular weight is 555 g/mol. The summed E-state index contributed by atoms with van der Waals surface area (Å²) in [5.41, 5.74) is 3.99. The van der Waals surface area contributed by atoms with Gasteiger partial charge in [-0.2, -0.15) is 18.4 Å². The highest BCUT2D eigenvalue weighted by Gasteiger charge is 2.31. The lowest BCUT2D eigenvalue weighted by Crippen LogP contribution is -2.29. The highest BCUT2D eigenvalue weighted by molar-refractivity contribution is 5.66. The number of rotatable bonds is 12. The molecule has 0 bridgehead atoms. The van der Waals surface area contributed by atoms with E-state index in [9.17, 15) is 23.2 Å². The van der Waals surface area contributed by atoms with Crippen molar-refractivity contribution in [3.05, 3.63) is 70.0 Å². The van der Waals surface area contributed by atoms with Gasteiger partial charge in [0.15, 0.2) is 0 Å². The van der Waals surface area contributed by atoms with Crippen molar-refractivity contribution in [2.45, 2.75) is 64.7 Å². The van der Waals surface area contributed by atoms with E-state index in [1.165, 1.54) is 17.2 Å². The molecule has 40 heavy (non-hydrogen) atoms. The van der Waals surface area contributed by atoms with Gasteiger partial charge in [0.2, 0.25) is 5.95 Å². The molecular weight excluding hydrogens is 521 g/mol. The second kappa shape index (κ2) is 12.4. The van der Waals surface area contributed by atoms with E-state index in [0.29, 0.717) is 31.0 Å². The zero-order chi connectivity index (χ0) is 28.9. The van der Waals surface area contributed by atoms with Gasteiger partial charge in [0.05, 0.1) is 17.2 Å². The second-order valence-corrected chi connectivity index (χ2v) is 10.1. The molecule has 2 aromatic carbocycles. The monoisotopic (exact) mass is 554 g/mol. The molecule has 0 unspecified atom stereocenters. The smallest absolute Gasteiger partial charge is 0.416 e. The van der Waals surface area contributed by atoms with Gasteiger partial charge < -0.3 is 14.9 Å². The molecule has 1 aromatic heterocycles. The molecule has 1 aliphatic rings. The molecule has 212 valence electrons. The van der Waals surface area contributed by atoms with Crippen LogP contribution in [0, 0.1) is 11.3 Å². The van der Waals surface area contributed by atoms with Crippen LogP contribution in [-0.4, -0.2) is 38.9 Å². The summed E-state index contributed by atoms with van der Waals surface area (Å²) in [6.45, 7) is 3.88. The average Bonchev–Trinajstić information content (AvgIpc) is 3.55. The molecule has 0 radical (unpaired) electrons.